The van der Waals surface area contributed by atoms with Gasteiger partial charge in [0.2, 0.25) is 5.91 Å². The standard InChI is InChI=1S/C12H17N3O/c1-9-10(4-3-6-13-9)8-14-11-5-7-15(2)12(11)16/h3-4,6,11,14H,5,7-8H2,1-2H3. The lowest BCUT2D eigenvalue weighted by atomic mass is 10.2. The average molecular weight is 219 g/mol. The number of nitrogens with one attached hydrogen (secondary N) is 1. The maximum atomic E-state index is 11.7. The van der Waals surface area contributed by atoms with Crippen LogP contribution in [0.3, 0.4) is 0 Å². The molecule has 0 saturated carbocycles. The van der Waals surface area contributed by atoms with Crippen LogP contribution in [0, 0.1) is 6.92 Å². The summed E-state index contributed by atoms with van der Waals surface area (Å²) in [6, 6.07) is 3.94. The predicted octanol–water partition coefficient (Wildman–Crippen LogP) is 0.710. The molecule has 1 saturated heterocycles. The third-order valence-electron chi connectivity index (χ3n) is 3.08. The Bertz CT molecular complexity index is 392. The number of carbonyl (C=O) groups is 1. The van der Waals surface area contributed by atoms with Gasteiger partial charge in [-0.05, 0) is 25.0 Å². The van der Waals surface area contributed by atoms with E-state index in [2.05, 4.69) is 10.3 Å². The third-order valence-corrected chi connectivity index (χ3v) is 3.08. The number of pyridine rings is 1. The number of carbonyl (C=O) groups excluding carboxylic acids is 1. The molecular formula is C12H17N3O. The molecule has 4 heteroatoms. The van der Waals surface area contributed by atoms with E-state index in [1.165, 1.54) is 0 Å². The fraction of sp³-hybridized carbons (Fsp3) is 0.500. The zero-order valence-electron chi connectivity index (χ0n) is 9.73. The Kier molecular flexibility index (Phi) is 3.19. The number of amides is 1. The third kappa shape index (κ3) is 2.22. The van der Waals surface area contributed by atoms with E-state index in [4.69, 9.17) is 0 Å². The van der Waals surface area contributed by atoms with E-state index in [-0.39, 0.29) is 11.9 Å². The topological polar surface area (TPSA) is 45.2 Å². The van der Waals surface area contributed by atoms with Gasteiger partial charge in [-0.25, -0.2) is 0 Å². The van der Waals surface area contributed by atoms with E-state index in [0.29, 0.717) is 6.54 Å². The van der Waals surface area contributed by atoms with E-state index in [9.17, 15) is 4.79 Å². The highest BCUT2D eigenvalue weighted by molar-refractivity contribution is 5.83. The molecular weight excluding hydrogens is 202 g/mol. The van der Waals surface area contributed by atoms with Gasteiger partial charge in [-0.1, -0.05) is 6.07 Å². The summed E-state index contributed by atoms with van der Waals surface area (Å²) >= 11 is 0. The molecule has 0 bridgehead atoms. The normalized spacial score (nSPS) is 20.5. The summed E-state index contributed by atoms with van der Waals surface area (Å²) < 4.78 is 0. The molecule has 1 N–H and O–H groups in total. The van der Waals surface area contributed by atoms with Crippen molar-refractivity contribution in [1.29, 1.82) is 0 Å². The van der Waals surface area contributed by atoms with Crippen LogP contribution in [0.5, 0.6) is 0 Å². The van der Waals surface area contributed by atoms with Gasteiger partial charge in [-0.15, -0.1) is 0 Å². The Morgan fingerprint density at radius 3 is 3.06 bits per heavy atom. The van der Waals surface area contributed by atoms with E-state index in [1.54, 1.807) is 11.1 Å². The van der Waals surface area contributed by atoms with Crippen LogP contribution >= 0.6 is 0 Å². The van der Waals surface area contributed by atoms with Crippen LogP contribution in [0.25, 0.3) is 0 Å². The largest absolute Gasteiger partial charge is 0.344 e. The zero-order chi connectivity index (χ0) is 11.5. The first-order valence-corrected chi connectivity index (χ1v) is 5.57. The van der Waals surface area contributed by atoms with Crippen LogP contribution in [0.15, 0.2) is 18.3 Å². The molecule has 1 aliphatic rings. The summed E-state index contributed by atoms with van der Waals surface area (Å²) in [5, 5.41) is 3.29. The number of nitrogens with zero attached hydrogens (tertiary/aromatic N) is 2. The van der Waals surface area contributed by atoms with Gasteiger partial charge in [0, 0.05) is 32.0 Å². The van der Waals surface area contributed by atoms with Crippen molar-refractivity contribution in [3.63, 3.8) is 0 Å². The maximum Gasteiger partial charge on any atom is 0.239 e. The van der Waals surface area contributed by atoms with Gasteiger partial charge in [-0.3, -0.25) is 9.78 Å². The summed E-state index contributed by atoms with van der Waals surface area (Å²) in [5.41, 5.74) is 2.18. The first-order chi connectivity index (χ1) is 7.68. The molecule has 4 nitrogen and oxygen atoms in total. The second kappa shape index (κ2) is 4.61. The fourth-order valence-corrected chi connectivity index (χ4v) is 1.95. The lowest BCUT2D eigenvalue weighted by Gasteiger charge is -2.12. The van der Waals surface area contributed by atoms with Crippen LogP contribution in [-0.4, -0.2) is 35.4 Å². The van der Waals surface area contributed by atoms with Gasteiger partial charge in [0.05, 0.1) is 6.04 Å². The van der Waals surface area contributed by atoms with E-state index < -0.39 is 0 Å². The average Bonchev–Trinajstić information content (AvgIpc) is 2.59. The van der Waals surface area contributed by atoms with Crippen LogP contribution in [0.1, 0.15) is 17.7 Å². The number of likely N-dealkylation sites (N-methyl/N-ethyl adjacent to an activating group) is 1. The minimum absolute atomic E-state index is 0.0235. The van der Waals surface area contributed by atoms with Gasteiger partial charge in [0.25, 0.3) is 0 Å². The summed E-state index contributed by atoms with van der Waals surface area (Å²) in [6.45, 7) is 3.55. The highest BCUT2D eigenvalue weighted by Gasteiger charge is 2.28. The van der Waals surface area contributed by atoms with Crippen molar-refractivity contribution in [1.82, 2.24) is 15.2 Å². The predicted molar refractivity (Wildman–Crippen MR) is 61.9 cm³/mol. The highest BCUT2D eigenvalue weighted by atomic mass is 16.2. The molecule has 16 heavy (non-hydrogen) atoms. The number of hydrogen-bond donors (Lipinski definition) is 1. The quantitative estimate of drug-likeness (QED) is 0.814. The van der Waals surface area contributed by atoms with Crippen molar-refractivity contribution >= 4 is 5.91 Å². The molecule has 2 heterocycles. The lowest BCUT2D eigenvalue weighted by molar-refractivity contribution is -0.128. The Hall–Kier alpha value is -1.42. The first kappa shape index (κ1) is 11.1. The second-order valence-corrected chi connectivity index (χ2v) is 4.23. The summed E-state index contributed by atoms with van der Waals surface area (Å²) in [7, 11) is 1.85. The minimum Gasteiger partial charge on any atom is -0.344 e. The Labute approximate surface area is 95.7 Å². The van der Waals surface area contributed by atoms with Crippen LogP contribution in [-0.2, 0) is 11.3 Å². The molecule has 0 aromatic carbocycles. The summed E-state index contributed by atoms with van der Waals surface area (Å²) in [6.07, 6.45) is 2.68. The summed E-state index contributed by atoms with van der Waals surface area (Å²) in [4.78, 5) is 17.7. The molecule has 86 valence electrons. The maximum absolute atomic E-state index is 11.7. The van der Waals surface area contributed by atoms with Crippen LogP contribution in [0.2, 0.25) is 0 Å². The van der Waals surface area contributed by atoms with Gasteiger partial charge >= 0.3 is 0 Å². The molecule has 1 aromatic rings. The van der Waals surface area contributed by atoms with Gasteiger partial charge < -0.3 is 10.2 Å². The van der Waals surface area contributed by atoms with Crippen molar-refractivity contribution in [2.24, 2.45) is 0 Å². The fourth-order valence-electron chi connectivity index (χ4n) is 1.95. The van der Waals surface area contributed by atoms with Crippen molar-refractivity contribution < 1.29 is 4.79 Å². The van der Waals surface area contributed by atoms with Crippen molar-refractivity contribution in [2.75, 3.05) is 13.6 Å². The Morgan fingerprint density at radius 1 is 1.62 bits per heavy atom. The van der Waals surface area contributed by atoms with E-state index >= 15 is 0 Å². The van der Waals surface area contributed by atoms with Gasteiger partial charge in [-0.2, -0.15) is 0 Å². The molecule has 1 aliphatic heterocycles. The number of hydrogen-bond acceptors (Lipinski definition) is 3. The molecule has 1 aromatic heterocycles. The second-order valence-electron chi connectivity index (χ2n) is 4.23. The van der Waals surface area contributed by atoms with Gasteiger partial charge in [0.15, 0.2) is 0 Å². The van der Waals surface area contributed by atoms with E-state index in [1.807, 2.05) is 26.1 Å². The van der Waals surface area contributed by atoms with Gasteiger partial charge in [0.1, 0.15) is 0 Å². The van der Waals surface area contributed by atoms with Crippen molar-refractivity contribution in [2.45, 2.75) is 25.9 Å². The molecule has 1 atom stereocenters. The lowest BCUT2D eigenvalue weighted by Crippen LogP contribution is -2.36. The molecule has 2 rings (SSSR count). The molecule has 1 unspecified atom stereocenters. The minimum atomic E-state index is -0.0235. The number of aromatic nitrogens is 1. The summed E-state index contributed by atoms with van der Waals surface area (Å²) in [5.74, 6) is 0.196. The smallest absolute Gasteiger partial charge is 0.239 e. The Morgan fingerprint density at radius 2 is 2.44 bits per heavy atom. The number of rotatable bonds is 3. The molecule has 1 amide bonds. The Balaban J connectivity index is 1.93. The molecule has 0 aliphatic carbocycles. The SMILES string of the molecule is Cc1ncccc1CNC1CCN(C)C1=O. The number of likely N-dealkylation sites (tertiary alicyclic amines) is 1. The molecule has 1 fully saturated rings. The zero-order valence-corrected chi connectivity index (χ0v) is 9.73. The highest BCUT2D eigenvalue weighted by Crippen LogP contribution is 2.10. The first-order valence-electron chi connectivity index (χ1n) is 5.57. The monoisotopic (exact) mass is 219 g/mol. The molecule has 0 spiro atoms. The van der Waals surface area contributed by atoms with Crippen molar-refractivity contribution in [3.8, 4) is 0 Å². The van der Waals surface area contributed by atoms with E-state index in [0.717, 1.165) is 24.2 Å². The number of aryl methyl sites for hydroxylation is 1. The molecule has 0 radical (unpaired) electrons. The van der Waals surface area contributed by atoms with Crippen LogP contribution < -0.4 is 5.32 Å². The van der Waals surface area contributed by atoms with Crippen molar-refractivity contribution in [3.05, 3.63) is 29.6 Å². The van der Waals surface area contributed by atoms with Crippen LogP contribution in [0.4, 0.5) is 0 Å².